The predicted octanol–water partition coefficient (Wildman–Crippen LogP) is 6.17. The van der Waals surface area contributed by atoms with Crippen LogP contribution in [0.2, 0.25) is 0 Å². The molecule has 29 heavy (non-hydrogen) atoms. The molecule has 3 aromatic rings. The number of halogens is 5. The zero-order valence-corrected chi connectivity index (χ0v) is 14.9. The first-order chi connectivity index (χ1) is 13.8. The Morgan fingerprint density at radius 2 is 1.34 bits per heavy atom. The van der Waals surface area contributed by atoms with E-state index in [1.807, 2.05) is 0 Å². The molecule has 0 aromatic heterocycles. The van der Waals surface area contributed by atoms with E-state index >= 15 is 0 Å². The standard InChI is InChI=1S/C22H14F5NO/c23-17-2-1-3-18(24)20(17)21-28-19(12-29-21)15-6-4-13(5-7-15)14-8-10-16(11-9-14)22(25,26)27/h1-11,19H,12H2. The summed E-state index contributed by atoms with van der Waals surface area (Å²) < 4.78 is 71.2. The number of hydrogen-bond acceptors (Lipinski definition) is 2. The lowest BCUT2D eigenvalue weighted by molar-refractivity contribution is -0.137. The largest absolute Gasteiger partial charge is 0.475 e. The van der Waals surface area contributed by atoms with Crippen molar-refractivity contribution in [3.05, 3.63) is 95.1 Å². The van der Waals surface area contributed by atoms with Crippen molar-refractivity contribution in [2.75, 3.05) is 6.61 Å². The summed E-state index contributed by atoms with van der Waals surface area (Å²) in [5.41, 5.74) is 1.16. The molecule has 0 aliphatic carbocycles. The molecular weight excluding hydrogens is 389 g/mol. The van der Waals surface area contributed by atoms with Gasteiger partial charge in [-0.3, -0.25) is 0 Å². The van der Waals surface area contributed by atoms with Crippen LogP contribution in [0.4, 0.5) is 22.0 Å². The van der Waals surface area contributed by atoms with E-state index < -0.39 is 29.4 Å². The lowest BCUT2D eigenvalue weighted by Gasteiger charge is -2.09. The van der Waals surface area contributed by atoms with Crippen molar-refractivity contribution in [1.82, 2.24) is 0 Å². The second-order valence-corrected chi connectivity index (χ2v) is 6.55. The van der Waals surface area contributed by atoms with Gasteiger partial charge in [-0.05, 0) is 41.0 Å². The molecule has 1 aliphatic rings. The highest BCUT2D eigenvalue weighted by atomic mass is 19.4. The maximum atomic E-state index is 13.9. The lowest BCUT2D eigenvalue weighted by Crippen LogP contribution is -2.07. The van der Waals surface area contributed by atoms with E-state index in [0.717, 1.165) is 35.4 Å². The smallest absolute Gasteiger partial charge is 0.416 e. The number of benzene rings is 3. The van der Waals surface area contributed by atoms with Gasteiger partial charge in [-0.2, -0.15) is 13.2 Å². The number of hydrogen-bond donors (Lipinski definition) is 0. The summed E-state index contributed by atoms with van der Waals surface area (Å²) in [6, 6.07) is 15.1. The summed E-state index contributed by atoms with van der Waals surface area (Å²) in [6.07, 6.45) is -4.38. The Bertz CT molecular complexity index is 1040. The molecule has 1 aliphatic heterocycles. The van der Waals surface area contributed by atoms with Crippen LogP contribution in [0.1, 0.15) is 22.7 Å². The topological polar surface area (TPSA) is 21.6 Å². The van der Waals surface area contributed by atoms with Crippen molar-refractivity contribution in [2.24, 2.45) is 4.99 Å². The van der Waals surface area contributed by atoms with Gasteiger partial charge >= 0.3 is 6.18 Å². The van der Waals surface area contributed by atoms with E-state index in [9.17, 15) is 22.0 Å². The monoisotopic (exact) mass is 403 g/mol. The average Bonchev–Trinajstić information content (AvgIpc) is 3.17. The molecule has 1 unspecified atom stereocenters. The van der Waals surface area contributed by atoms with Crippen molar-refractivity contribution in [3.8, 4) is 11.1 Å². The molecule has 0 radical (unpaired) electrons. The third-order valence-electron chi connectivity index (χ3n) is 4.67. The van der Waals surface area contributed by atoms with Gasteiger partial charge in [-0.15, -0.1) is 0 Å². The average molecular weight is 403 g/mol. The van der Waals surface area contributed by atoms with E-state index in [1.54, 1.807) is 24.3 Å². The van der Waals surface area contributed by atoms with E-state index in [1.165, 1.54) is 18.2 Å². The number of rotatable bonds is 3. The first-order valence-electron chi connectivity index (χ1n) is 8.75. The summed E-state index contributed by atoms with van der Waals surface area (Å²) in [5.74, 6) is -1.58. The molecular formula is C22H14F5NO. The lowest BCUT2D eigenvalue weighted by atomic mass is 10.0. The third kappa shape index (κ3) is 3.85. The van der Waals surface area contributed by atoms with Crippen molar-refractivity contribution < 1.29 is 26.7 Å². The number of nitrogens with zero attached hydrogens (tertiary/aromatic N) is 1. The minimum atomic E-state index is -4.38. The molecule has 0 N–H and O–H groups in total. The highest BCUT2D eigenvalue weighted by Gasteiger charge is 2.30. The summed E-state index contributed by atoms with van der Waals surface area (Å²) in [7, 11) is 0. The van der Waals surface area contributed by atoms with Crippen LogP contribution < -0.4 is 0 Å². The Labute approximate surface area is 163 Å². The van der Waals surface area contributed by atoms with E-state index in [2.05, 4.69) is 4.99 Å². The molecule has 0 bridgehead atoms. The predicted molar refractivity (Wildman–Crippen MR) is 98.5 cm³/mol. The SMILES string of the molecule is Fc1cccc(F)c1C1=NC(c2ccc(-c3ccc(C(F)(F)F)cc3)cc2)CO1. The fraction of sp³-hybridized carbons (Fsp3) is 0.136. The Kier molecular flexibility index (Phi) is 4.82. The van der Waals surface area contributed by atoms with Crippen LogP contribution in [0.25, 0.3) is 11.1 Å². The van der Waals surface area contributed by atoms with Gasteiger partial charge < -0.3 is 4.74 Å². The van der Waals surface area contributed by atoms with Crippen molar-refractivity contribution in [2.45, 2.75) is 12.2 Å². The Hall–Kier alpha value is -3.22. The van der Waals surface area contributed by atoms with Crippen LogP contribution in [0.15, 0.2) is 71.7 Å². The highest BCUT2D eigenvalue weighted by Crippen LogP contribution is 2.32. The van der Waals surface area contributed by atoms with Crippen LogP contribution in [-0.2, 0) is 10.9 Å². The quantitative estimate of drug-likeness (QED) is 0.480. The van der Waals surface area contributed by atoms with Crippen LogP contribution in [0, 0.1) is 11.6 Å². The first kappa shape index (κ1) is 19.1. The molecule has 1 heterocycles. The van der Waals surface area contributed by atoms with Gasteiger partial charge in [0.25, 0.3) is 0 Å². The van der Waals surface area contributed by atoms with E-state index in [4.69, 9.17) is 4.74 Å². The molecule has 2 nitrogen and oxygen atoms in total. The Balaban J connectivity index is 1.55. The summed E-state index contributed by atoms with van der Waals surface area (Å²) >= 11 is 0. The number of aliphatic imine (C=N–C) groups is 1. The fourth-order valence-electron chi connectivity index (χ4n) is 3.13. The van der Waals surface area contributed by atoms with Gasteiger partial charge in [0.05, 0.1) is 5.56 Å². The maximum absolute atomic E-state index is 13.9. The third-order valence-corrected chi connectivity index (χ3v) is 4.67. The Morgan fingerprint density at radius 3 is 1.90 bits per heavy atom. The minimum Gasteiger partial charge on any atom is -0.475 e. The molecule has 0 fully saturated rings. The van der Waals surface area contributed by atoms with Crippen LogP contribution in [-0.4, -0.2) is 12.5 Å². The van der Waals surface area contributed by atoms with Crippen LogP contribution >= 0.6 is 0 Å². The molecule has 0 spiro atoms. The second kappa shape index (κ2) is 7.31. The van der Waals surface area contributed by atoms with Gasteiger partial charge in [-0.25, -0.2) is 13.8 Å². The summed E-state index contributed by atoms with van der Waals surface area (Å²) in [6.45, 7) is 0.142. The number of alkyl halides is 3. The molecule has 0 amide bonds. The normalized spacial score (nSPS) is 16.4. The van der Waals surface area contributed by atoms with E-state index in [-0.39, 0.29) is 18.1 Å². The first-order valence-corrected chi connectivity index (χ1v) is 8.75. The molecule has 4 rings (SSSR count). The highest BCUT2D eigenvalue weighted by molar-refractivity contribution is 5.95. The van der Waals surface area contributed by atoms with Gasteiger partial charge in [-0.1, -0.05) is 42.5 Å². The summed E-state index contributed by atoms with van der Waals surface area (Å²) in [5, 5.41) is 0. The van der Waals surface area contributed by atoms with Crippen molar-refractivity contribution >= 4 is 5.90 Å². The molecule has 1 atom stereocenters. The van der Waals surface area contributed by atoms with Gasteiger partial charge in [0.15, 0.2) is 0 Å². The van der Waals surface area contributed by atoms with Crippen LogP contribution in [0.3, 0.4) is 0 Å². The van der Waals surface area contributed by atoms with Crippen molar-refractivity contribution in [1.29, 1.82) is 0 Å². The molecule has 0 saturated heterocycles. The zero-order chi connectivity index (χ0) is 20.6. The minimum absolute atomic E-state index is 0.0857. The fourth-order valence-corrected chi connectivity index (χ4v) is 3.13. The molecule has 3 aromatic carbocycles. The molecule has 148 valence electrons. The maximum Gasteiger partial charge on any atom is 0.416 e. The Morgan fingerprint density at radius 1 is 0.793 bits per heavy atom. The van der Waals surface area contributed by atoms with Crippen LogP contribution in [0.5, 0.6) is 0 Å². The van der Waals surface area contributed by atoms with E-state index in [0.29, 0.717) is 5.56 Å². The van der Waals surface area contributed by atoms with Gasteiger partial charge in [0.1, 0.15) is 29.8 Å². The zero-order valence-electron chi connectivity index (χ0n) is 14.9. The summed E-state index contributed by atoms with van der Waals surface area (Å²) in [4.78, 5) is 4.28. The van der Waals surface area contributed by atoms with Gasteiger partial charge in [0, 0.05) is 0 Å². The molecule has 7 heteroatoms. The number of ether oxygens (including phenoxy) is 1. The van der Waals surface area contributed by atoms with Crippen molar-refractivity contribution in [3.63, 3.8) is 0 Å². The van der Waals surface area contributed by atoms with Gasteiger partial charge in [0.2, 0.25) is 5.90 Å². The molecule has 0 saturated carbocycles. The second-order valence-electron chi connectivity index (χ2n) is 6.55.